The van der Waals surface area contributed by atoms with Gasteiger partial charge in [0, 0.05) is 37.2 Å². The first-order valence-corrected chi connectivity index (χ1v) is 9.74. The van der Waals surface area contributed by atoms with Crippen LogP contribution >= 0.6 is 0 Å². The van der Waals surface area contributed by atoms with Crippen molar-refractivity contribution in [2.75, 3.05) is 6.54 Å². The standard InChI is InChI=1S/C21H25N5O/c1-14-15-6-2-3-7-16(15)24-20(23-14)12-13-22-21(27)11-10-19-25-17-8-4-5-9-18(17)26-19/h4-5,8-9H,2-3,6-7,10-13H2,1H3,(H,22,27)(H,25,26). The summed E-state index contributed by atoms with van der Waals surface area (Å²) >= 11 is 0. The van der Waals surface area contributed by atoms with Crippen molar-refractivity contribution in [1.29, 1.82) is 0 Å². The van der Waals surface area contributed by atoms with Gasteiger partial charge in [0.25, 0.3) is 0 Å². The van der Waals surface area contributed by atoms with Gasteiger partial charge < -0.3 is 10.3 Å². The second kappa shape index (κ2) is 7.86. The van der Waals surface area contributed by atoms with Gasteiger partial charge in [-0.15, -0.1) is 0 Å². The molecule has 2 heterocycles. The molecule has 0 radical (unpaired) electrons. The third-order valence-corrected chi connectivity index (χ3v) is 5.13. The Kier molecular flexibility index (Phi) is 5.14. The third-order valence-electron chi connectivity index (χ3n) is 5.13. The first kappa shape index (κ1) is 17.6. The number of aromatic amines is 1. The van der Waals surface area contributed by atoms with Gasteiger partial charge in [-0.3, -0.25) is 4.79 Å². The van der Waals surface area contributed by atoms with Gasteiger partial charge in [0.1, 0.15) is 11.6 Å². The molecule has 1 aliphatic rings. The predicted octanol–water partition coefficient (Wildman–Crippen LogP) is 2.83. The first-order chi connectivity index (χ1) is 13.2. The van der Waals surface area contributed by atoms with Crippen molar-refractivity contribution < 1.29 is 4.79 Å². The molecule has 0 unspecified atom stereocenters. The summed E-state index contributed by atoms with van der Waals surface area (Å²) in [5.41, 5.74) is 5.59. The van der Waals surface area contributed by atoms with E-state index < -0.39 is 0 Å². The van der Waals surface area contributed by atoms with E-state index in [0.29, 0.717) is 25.8 Å². The molecule has 0 saturated carbocycles. The van der Waals surface area contributed by atoms with E-state index >= 15 is 0 Å². The van der Waals surface area contributed by atoms with Gasteiger partial charge in [-0.1, -0.05) is 12.1 Å². The number of amides is 1. The molecule has 2 aromatic heterocycles. The van der Waals surface area contributed by atoms with Crippen LogP contribution in [0.4, 0.5) is 0 Å². The van der Waals surface area contributed by atoms with Crippen molar-refractivity contribution in [2.24, 2.45) is 0 Å². The minimum Gasteiger partial charge on any atom is -0.356 e. The number of fused-ring (bicyclic) bond motifs is 2. The van der Waals surface area contributed by atoms with Crippen LogP contribution in [0.3, 0.4) is 0 Å². The van der Waals surface area contributed by atoms with Gasteiger partial charge >= 0.3 is 0 Å². The molecule has 0 spiro atoms. The number of carbonyl (C=O) groups excluding carboxylic acids is 1. The highest BCUT2D eigenvalue weighted by Gasteiger charge is 2.15. The molecule has 27 heavy (non-hydrogen) atoms. The first-order valence-electron chi connectivity index (χ1n) is 9.74. The Labute approximate surface area is 158 Å². The molecule has 0 atom stereocenters. The molecule has 140 valence electrons. The molecule has 4 rings (SSSR count). The maximum Gasteiger partial charge on any atom is 0.220 e. The van der Waals surface area contributed by atoms with Crippen molar-refractivity contribution in [3.63, 3.8) is 0 Å². The Morgan fingerprint density at radius 2 is 1.96 bits per heavy atom. The SMILES string of the molecule is Cc1nc(CCNC(=O)CCc2nc3ccccc3[nH]2)nc2c1CCCC2. The number of rotatable bonds is 6. The summed E-state index contributed by atoms with van der Waals surface area (Å²) in [5, 5.41) is 2.97. The van der Waals surface area contributed by atoms with Crippen LogP contribution < -0.4 is 5.32 Å². The van der Waals surface area contributed by atoms with Crippen LogP contribution in [0.5, 0.6) is 0 Å². The van der Waals surface area contributed by atoms with Crippen molar-refractivity contribution in [1.82, 2.24) is 25.3 Å². The maximum atomic E-state index is 12.1. The van der Waals surface area contributed by atoms with Crippen molar-refractivity contribution >= 4 is 16.9 Å². The van der Waals surface area contributed by atoms with Crippen molar-refractivity contribution in [2.45, 2.75) is 51.9 Å². The lowest BCUT2D eigenvalue weighted by atomic mass is 9.95. The zero-order valence-electron chi connectivity index (χ0n) is 15.7. The predicted molar refractivity (Wildman–Crippen MR) is 105 cm³/mol. The second-order valence-corrected chi connectivity index (χ2v) is 7.16. The number of imidazole rings is 1. The second-order valence-electron chi connectivity index (χ2n) is 7.16. The lowest BCUT2D eigenvalue weighted by molar-refractivity contribution is -0.121. The van der Waals surface area contributed by atoms with Crippen LogP contribution in [0.25, 0.3) is 11.0 Å². The Morgan fingerprint density at radius 3 is 2.85 bits per heavy atom. The fraction of sp³-hybridized carbons (Fsp3) is 0.429. The lowest BCUT2D eigenvalue weighted by Crippen LogP contribution is -2.26. The normalized spacial score (nSPS) is 13.5. The highest BCUT2D eigenvalue weighted by atomic mass is 16.1. The molecule has 1 aromatic carbocycles. The van der Waals surface area contributed by atoms with Gasteiger partial charge in [0.2, 0.25) is 5.91 Å². The van der Waals surface area contributed by atoms with E-state index in [0.717, 1.165) is 41.2 Å². The number of nitrogens with one attached hydrogen (secondary N) is 2. The van der Waals surface area contributed by atoms with Gasteiger partial charge in [0.05, 0.1) is 11.0 Å². The summed E-state index contributed by atoms with van der Waals surface area (Å²) < 4.78 is 0. The number of nitrogens with zero attached hydrogens (tertiary/aromatic N) is 3. The zero-order valence-corrected chi connectivity index (χ0v) is 15.7. The Balaban J connectivity index is 1.26. The number of aryl methyl sites for hydroxylation is 3. The molecule has 0 saturated heterocycles. The van der Waals surface area contributed by atoms with Gasteiger partial charge in [-0.25, -0.2) is 15.0 Å². The Bertz CT molecular complexity index is 929. The van der Waals surface area contributed by atoms with E-state index in [9.17, 15) is 4.79 Å². The molecular formula is C21H25N5O. The lowest BCUT2D eigenvalue weighted by Gasteiger charge is -2.17. The minimum absolute atomic E-state index is 0.0325. The summed E-state index contributed by atoms with van der Waals surface area (Å²) in [4.78, 5) is 29.2. The van der Waals surface area contributed by atoms with Crippen molar-refractivity contribution in [3.8, 4) is 0 Å². The van der Waals surface area contributed by atoms with Gasteiger partial charge in [0.15, 0.2) is 0 Å². The number of H-pyrrole nitrogens is 1. The molecule has 0 fully saturated rings. The average Bonchev–Trinajstić information content (AvgIpc) is 3.09. The molecule has 3 aromatic rings. The number of para-hydroxylation sites is 2. The Hall–Kier alpha value is -2.76. The summed E-state index contributed by atoms with van der Waals surface area (Å²) in [6.07, 6.45) is 6.29. The summed E-state index contributed by atoms with van der Waals surface area (Å²) in [7, 11) is 0. The van der Waals surface area contributed by atoms with E-state index in [2.05, 4.69) is 27.2 Å². The number of hydrogen-bond donors (Lipinski definition) is 2. The molecule has 2 N–H and O–H groups in total. The molecular weight excluding hydrogens is 338 g/mol. The van der Waals surface area contributed by atoms with Crippen LogP contribution in [0.2, 0.25) is 0 Å². The maximum absolute atomic E-state index is 12.1. The van der Waals surface area contributed by atoms with Gasteiger partial charge in [-0.05, 0) is 50.3 Å². The van der Waals surface area contributed by atoms with Crippen LogP contribution in [-0.2, 0) is 30.5 Å². The zero-order chi connectivity index (χ0) is 18.6. The molecule has 0 aliphatic heterocycles. The molecule has 1 aliphatic carbocycles. The Morgan fingerprint density at radius 1 is 1.11 bits per heavy atom. The van der Waals surface area contributed by atoms with E-state index in [4.69, 9.17) is 4.98 Å². The third kappa shape index (κ3) is 4.15. The monoisotopic (exact) mass is 363 g/mol. The number of aromatic nitrogens is 4. The summed E-state index contributed by atoms with van der Waals surface area (Å²) in [6, 6.07) is 7.90. The van der Waals surface area contributed by atoms with Gasteiger partial charge in [-0.2, -0.15) is 0 Å². The summed E-state index contributed by atoms with van der Waals surface area (Å²) in [6.45, 7) is 2.64. The van der Waals surface area contributed by atoms with E-state index in [1.807, 2.05) is 24.3 Å². The molecule has 6 nitrogen and oxygen atoms in total. The number of hydrogen-bond acceptors (Lipinski definition) is 4. The van der Waals surface area contributed by atoms with Crippen LogP contribution in [-0.4, -0.2) is 32.4 Å². The quantitative estimate of drug-likeness (QED) is 0.705. The fourth-order valence-corrected chi connectivity index (χ4v) is 3.71. The van der Waals surface area contributed by atoms with E-state index in [1.165, 1.54) is 24.1 Å². The van der Waals surface area contributed by atoms with Crippen LogP contribution in [0.1, 0.15) is 47.9 Å². The van der Waals surface area contributed by atoms with E-state index in [-0.39, 0.29) is 5.91 Å². The highest BCUT2D eigenvalue weighted by Crippen LogP contribution is 2.21. The topological polar surface area (TPSA) is 83.6 Å². The van der Waals surface area contributed by atoms with Crippen LogP contribution in [0, 0.1) is 6.92 Å². The minimum atomic E-state index is 0.0325. The highest BCUT2D eigenvalue weighted by molar-refractivity contribution is 5.77. The largest absolute Gasteiger partial charge is 0.356 e. The van der Waals surface area contributed by atoms with Crippen molar-refractivity contribution in [3.05, 3.63) is 52.9 Å². The molecule has 0 bridgehead atoms. The number of carbonyl (C=O) groups is 1. The smallest absolute Gasteiger partial charge is 0.220 e. The summed E-state index contributed by atoms with van der Waals surface area (Å²) in [5.74, 6) is 1.72. The fourth-order valence-electron chi connectivity index (χ4n) is 3.71. The van der Waals surface area contributed by atoms with E-state index in [1.54, 1.807) is 0 Å². The molecule has 1 amide bonds. The number of benzene rings is 1. The molecule has 6 heteroatoms. The van der Waals surface area contributed by atoms with Crippen LogP contribution in [0.15, 0.2) is 24.3 Å². The average molecular weight is 363 g/mol.